The Hall–Kier alpha value is -3.02. The molecule has 0 aliphatic carbocycles. The van der Waals surface area contributed by atoms with Crippen LogP contribution in [-0.2, 0) is 6.42 Å². The second-order valence-corrected chi connectivity index (χ2v) is 6.67. The number of nitrogens with zero attached hydrogens (tertiary/aromatic N) is 3. The fourth-order valence-corrected chi connectivity index (χ4v) is 3.40. The number of hydrogen-bond acceptors (Lipinski definition) is 4. The highest BCUT2D eigenvalue weighted by Crippen LogP contribution is 2.33. The Morgan fingerprint density at radius 2 is 1.93 bits per heavy atom. The summed E-state index contributed by atoms with van der Waals surface area (Å²) >= 11 is 0. The zero-order valence-electron chi connectivity index (χ0n) is 15.1. The summed E-state index contributed by atoms with van der Waals surface area (Å²) in [5.74, 6) is 0.479. The summed E-state index contributed by atoms with van der Waals surface area (Å²) in [6.45, 7) is 2.74. The minimum atomic E-state index is -0.316. The van der Waals surface area contributed by atoms with Crippen molar-refractivity contribution in [3.8, 4) is 11.4 Å². The molecule has 138 valence electrons. The van der Waals surface area contributed by atoms with Crippen LogP contribution in [0.15, 0.2) is 53.1 Å². The van der Waals surface area contributed by atoms with E-state index < -0.39 is 0 Å². The number of likely N-dealkylation sites (tertiary alicyclic amines) is 1. The van der Waals surface area contributed by atoms with E-state index in [1.165, 1.54) is 17.7 Å². The molecular weight excluding hydrogens is 345 g/mol. The van der Waals surface area contributed by atoms with Crippen LogP contribution in [0.1, 0.15) is 47.6 Å². The van der Waals surface area contributed by atoms with Gasteiger partial charge < -0.3 is 9.42 Å². The van der Waals surface area contributed by atoms with Crippen LogP contribution >= 0.6 is 0 Å². The average molecular weight is 365 g/mol. The molecule has 2 aromatic carbocycles. The summed E-state index contributed by atoms with van der Waals surface area (Å²) in [4.78, 5) is 19.2. The molecule has 0 unspecified atom stereocenters. The molecule has 6 heteroatoms. The van der Waals surface area contributed by atoms with Crippen LogP contribution in [0.3, 0.4) is 0 Å². The van der Waals surface area contributed by atoms with E-state index >= 15 is 0 Å². The lowest BCUT2D eigenvalue weighted by Crippen LogP contribution is -2.30. The first-order valence-corrected chi connectivity index (χ1v) is 9.15. The van der Waals surface area contributed by atoms with Crippen LogP contribution in [0.4, 0.5) is 4.39 Å². The normalized spacial score (nSPS) is 16.7. The maximum Gasteiger partial charge on any atom is 0.254 e. The number of hydrogen-bond donors (Lipinski definition) is 0. The molecule has 1 aliphatic heterocycles. The molecule has 3 aromatic rings. The van der Waals surface area contributed by atoms with Gasteiger partial charge in [0.2, 0.25) is 11.7 Å². The summed E-state index contributed by atoms with van der Waals surface area (Å²) in [6, 6.07) is 13.4. The van der Waals surface area contributed by atoms with Crippen molar-refractivity contribution < 1.29 is 13.7 Å². The molecule has 0 bridgehead atoms. The number of carbonyl (C=O) groups is 1. The predicted octanol–water partition coefficient (Wildman–Crippen LogP) is 4.42. The summed E-state index contributed by atoms with van der Waals surface area (Å²) in [5, 5.41) is 4.00. The Morgan fingerprint density at radius 1 is 1.19 bits per heavy atom. The second kappa shape index (κ2) is 7.31. The van der Waals surface area contributed by atoms with E-state index in [9.17, 15) is 9.18 Å². The SMILES string of the molecule is CCc1ccc(C(=O)N2CCC[C@H]2c2nc(-c3ccc(F)cc3)no2)cc1. The maximum absolute atomic E-state index is 13.1. The van der Waals surface area contributed by atoms with Crippen molar-refractivity contribution in [1.29, 1.82) is 0 Å². The summed E-state index contributed by atoms with van der Waals surface area (Å²) < 4.78 is 18.5. The Labute approximate surface area is 156 Å². The molecule has 0 N–H and O–H groups in total. The van der Waals surface area contributed by atoms with Crippen molar-refractivity contribution in [3.63, 3.8) is 0 Å². The molecule has 4 rings (SSSR count). The summed E-state index contributed by atoms with van der Waals surface area (Å²) in [7, 11) is 0. The van der Waals surface area contributed by atoms with Gasteiger partial charge in [-0.1, -0.05) is 24.2 Å². The fraction of sp³-hybridized carbons (Fsp3) is 0.286. The molecule has 5 nitrogen and oxygen atoms in total. The number of carbonyl (C=O) groups excluding carboxylic acids is 1. The number of rotatable bonds is 4. The smallest absolute Gasteiger partial charge is 0.254 e. The monoisotopic (exact) mass is 365 g/mol. The Morgan fingerprint density at radius 3 is 2.63 bits per heavy atom. The van der Waals surface area contributed by atoms with Gasteiger partial charge in [0.05, 0.1) is 0 Å². The summed E-state index contributed by atoms with van der Waals surface area (Å²) in [6.07, 6.45) is 2.61. The second-order valence-electron chi connectivity index (χ2n) is 6.67. The van der Waals surface area contributed by atoms with Gasteiger partial charge in [0.25, 0.3) is 5.91 Å². The average Bonchev–Trinajstić information content (AvgIpc) is 3.37. The van der Waals surface area contributed by atoms with Crippen molar-refractivity contribution >= 4 is 5.91 Å². The molecule has 1 aromatic heterocycles. The van der Waals surface area contributed by atoms with Gasteiger partial charge >= 0.3 is 0 Å². The Bertz CT molecular complexity index is 935. The van der Waals surface area contributed by atoms with E-state index in [1.807, 2.05) is 24.3 Å². The van der Waals surface area contributed by atoms with E-state index in [0.29, 0.717) is 29.4 Å². The quantitative estimate of drug-likeness (QED) is 0.687. The Balaban J connectivity index is 1.56. The van der Waals surface area contributed by atoms with Gasteiger partial charge in [0.1, 0.15) is 11.9 Å². The van der Waals surface area contributed by atoms with Gasteiger partial charge in [-0.15, -0.1) is 0 Å². The van der Waals surface area contributed by atoms with Gasteiger partial charge in [-0.2, -0.15) is 4.98 Å². The lowest BCUT2D eigenvalue weighted by molar-refractivity contribution is 0.0710. The molecule has 2 heterocycles. The third kappa shape index (κ3) is 3.47. The minimum Gasteiger partial charge on any atom is -0.337 e. The van der Waals surface area contributed by atoms with Crippen molar-refractivity contribution in [1.82, 2.24) is 15.0 Å². The highest BCUT2D eigenvalue weighted by Gasteiger charge is 2.34. The third-order valence-corrected chi connectivity index (χ3v) is 4.95. The topological polar surface area (TPSA) is 59.2 Å². The van der Waals surface area contributed by atoms with Gasteiger partial charge in [-0.05, 0) is 61.2 Å². The van der Waals surface area contributed by atoms with E-state index in [-0.39, 0.29) is 17.8 Å². The fourth-order valence-electron chi connectivity index (χ4n) is 3.40. The van der Waals surface area contributed by atoms with E-state index in [4.69, 9.17) is 4.52 Å². The summed E-state index contributed by atoms with van der Waals surface area (Å²) in [5.41, 5.74) is 2.54. The third-order valence-electron chi connectivity index (χ3n) is 4.95. The largest absolute Gasteiger partial charge is 0.337 e. The number of halogens is 1. The van der Waals surface area contributed by atoms with Gasteiger partial charge in [-0.3, -0.25) is 4.79 Å². The van der Waals surface area contributed by atoms with Crippen molar-refractivity contribution in [2.45, 2.75) is 32.2 Å². The van der Waals surface area contributed by atoms with Crippen LogP contribution in [0, 0.1) is 5.82 Å². The molecule has 1 fully saturated rings. The first-order chi connectivity index (χ1) is 13.2. The highest BCUT2D eigenvalue weighted by molar-refractivity contribution is 5.94. The maximum atomic E-state index is 13.1. The first-order valence-electron chi connectivity index (χ1n) is 9.15. The van der Waals surface area contributed by atoms with Crippen LogP contribution in [0.2, 0.25) is 0 Å². The zero-order valence-corrected chi connectivity index (χ0v) is 15.1. The standard InChI is InChI=1S/C21H20FN3O2/c1-2-14-5-7-16(8-6-14)21(26)25-13-3-4-18(25)20-23-19(24-27-20)15-9-11-17(22)12-10-15/h5-12,18H,2-4,13H2,1H3/t18-/m0/s1. The van der Waals surface area contributed by atoms with Crippen molar-refractivity contribution in [3.05, 3.63) is 71.4 Å². The molecule has 0 saturated carbocycles. The first kappa shape index (κ1) is 17.4. The number of benzene rings is 2. The number of amides is 1. The molecule has 1 aliphatic rings. The predicted molar refractivity (Wildman–Crippen MR) is 98.5 cm³/mol. The number of aryl methyl sites for hydroxylation is 1. The molecule has 1 saturated heterocycles. The zero-order chi connectivity index (χ0) is 18.8. The van der Waals surface area contributed by atoms with E-state index in [2.05, 4.69) is 17.1 Å². The highest BCUT2D eigenvalue weighted by atomic mass is 19.1. The van der Waals surface area contributed by atoms with Crippen LogP contribution in [0.5, 0.6) is 0 Å². The molecular formula is C21H20FN3O2. The molecule has 27 heavy (non-hydrogen) atoms. The Kier molecular flexibility index (Phi) is 4.71. The van der Waals surface area contributed by atoms with E-state index in [0.717, 1.165) is 19.3 Å². The molecule has 1 atom stereocenters. The van der Waals surface area contributed by atoms with E-state index in [1.54, 1.807) is 17.0 Å². The van der Waals surface area contributed by atoms with Crippen molar-refractivity contribution in [2.24, 2.45) is 0 Å². The van der Waals surface area contributed by atoms with Gasteiger partial charge in [-0.25, -0.2) is 4.39 Å². The van der Waals surface area contributed by atoms with Crippen LogP contribution in [-0.4, -0.2) is 27.5 Å². The van der Waals surface area contributed by atoms with Crippen molar-refractivity contribution in [2.75, 3.05) is 6.54 Å². The van der Waals surface area contributed by atoms with Crippen LogP contribution in [0.25, 0.3) is 11.4 Å². The number of aromatic nitrogens is 2. The lowest BCUT2D eigenvalue weighted by atomic mass is 10.1. The van der Waals surface area contributed by atoms with Gasteiger partial charge in [0, 0.05) is 17.7 Å². The molecule has 0 radical (unpaired) electrons. The van der Waals surface area contributed by atoms with Crippen LogP contribution < -0.4 is 0 Å². The lowest BCUT2D eigenvalue weighted by Gasteiger charge is -2.22. The molecule has 1 amide bonds. The van der Waals surface area contributed by atoms with Gasteiger partial charge in [0.15, 0.2) is 0 Å². The molecule has 0 spiro atoms. The minimum absolute atomic E-state index is 0.0262.